The Balaban J connectivity index is 2.17. The van der Waals surface area contributed by atoms with Crippen molar-refractivity contribution in [2.24, 2.45) is 0 Å². The van der Waals surface area contributed by atoms with Crippen LogP contribution in [-0.4, -0.2) is 9.70 Å². The third-order valence-corrected chi connectivity index (χ3v) is 3.57. The molecule has 0 nitrogen and oxygen atoms in total. The molecule has 0 unspecified atom stereocenters. The van der Waals surface area contributed by atoms with Gasteiger partial charge in [-0.2, -0.15) is 13.2 Å². The van der Waals surface area contributed by atoms with Crippen molar-refractivity contribution in [3.8, 4) is 11.1 Å². The van der Waals surface area contributed by atoms with Crippen LogP contribution in [0.15, 0.2) is 54.6 Å². The minimum Gasteiger partial charge on any atom is -0.160 e. The molecule has 0 radical (unpaired) electrons. The molecule has 0 amide bonds. The van der Waals surface area contributed by atoms with Gasteiger partial charge in [0.05, 0.1) is 4.20 Å². The van der Waals surface area contributed by atoms with Gasteiger partial charge in [0.15, 0.2) is 0 Å². The first-order valence-corrected chi connectivity index (χ1v) is 6.64. The van der Waals surface area contributed by atoms with E-state index in [0.717, 1.165) is 11.1 Å². The summed E-state index contributed by atoms with van der Waals surface area (Å²) in [5.74, 6) is 0. The van der Waals surface area contributed by atoms with Gasteiger partial charge in [0.25, 0.3) is 0 Å². The summed E-state index contributed by atoms with van der Waals surface area (Å²) in [4.78, 5) is 0. The van der Waals surface area contributed by atoms with Crippen LogP contribution in [0, 0.1) is 0 Å². The first-order chi connectivity index (χ1) is 8.96. The van der Waals surface area contributed by atoms with Crippen LogP contribution >= 0.6 is 24.0 Å². The maximum atomic E-state index is 12.2. The van der Waals surface area contributed by atoms with Gasteiger partial charge >= 0.3 is 5.51 Å². The smallest absolute Gasteiger partial charge is 0.160 e. The topological polar surface area (TPSA) is 0 Å². The highest BCUT2D eigenvalue weighted by atomic mass is 32.2. The Kier molecular flexibility index (Phi) is 4.27. The monoisotopic (exact) mass is 298 g/mol. The lowest BCUT2D eigenvalue weighted by atomic mass is 10.0. The number of rotatable bonds is 2. The summed E-state index contributed by atoms with van der Waals surface area (Å²) in [7, 11) is 0. The van der Waals surface area contributed by atoms with Gasteiger partial charge in [-0.05, 0) is 28.5 Å². The lowest BCUT2D eigenvalue weighted by Gasteiger charge is -2.08. The number of alkyl halides is 3. The van der Waals surface area contributed by atoms with Crippen LogP contribution in [-0.2, 0) is 0 Å². The molecule has 98 valence electrons. The largest absolute Gasteiger partial charge is 0.447 e. The summed E-state index contributed by atoms with van der Waals surface area (Å²) in [6.45, 7) is 0. The molecule has 0 N–H and O–H groups in total. The number of thiocarbonyl (C=S) groups is 1. The fourth-order valence-electron chi connectivity index (χ4n) is 1.59. The lowest BCUT2D eigenvalue weighted by molar-refractivity contribution is -0.0315. The second-order valence-corrected chi connectivity index (χ2v) is 5.52. The van der Waals surface area contributed by atoms with Crippen molar-refractivity contribution < 1.29 is 13.2 Å². The molecule has 2 rings (SSSR count). The Hall–Kier alpha value is -1.33. The van der Waals surface area contributed by atoms with E-state index in [1.165, 1.54) is 0 Å². The molecule has 5 heteroatoms. The van der Waals surface area contributed by atoms with E-state index in [1.54, 1.807) is 24.3 Å². The summed E-state index contributed by atoms with van der Waals surface area (Å²) in [5.41, 5.74) is -1.96. The van der Waals surface area contributed by atoms with Crippen molar-refractivity contribution in [1.82, 2.24) is 0 Å². The first-order valence-electron chi connectivity index (χ1n) is 5.41. The second-order valence-electron chi connectivity index (χ2n) is 3.78. The third-order valence-electron chi connectivity index (χ3n) is 2.44. The van der Waals surface area contributed by atoms with Crippen LogP contribution in [0.3, 0.4) is 0 Å². The molecule has 0 aliphatic carbocycles. The zero-order chi connectivity index (χ0) is 13.9. The van der Waals surface area contributed by atoms with E-state index in [1.807, 2.05) is 30.3 Å². The molecule has 0 aliphatic rings. The maximum absolute atomic E-state index is 12.2. The molecule has 0 bridgehead atoms. The second kappa shape index (κ2) is 5.75. The molecule has 2 aromatic carbocycles. The molecule has 0 saturated carbocycles. The van der Waals surface area contributed by atoms with Gasteiger partial charge < -0.3 is 0 Å². The van der Waals surface area contributed by atoms with Gasteiger partial charge in [-0.3, -0.25) is 0 Å². The zero-order valence-corrected chi connectivity index (χ0v) is 11.3. The molecule has 0 aromatic heterocycles. The van der Waals surface area contributed by atoms with E-state index in [9.17, 15) is 13.2 Å². The van der Waals surface area contributed by atoms with E-state index in [0.29, 0.717) is 5.56 Å². The first kappa shape index (κ1) is 14.1. The predicted octanol–water partition coefficient (Wildman–Crippen LogP) is 5.28. The molecule has 19 heavy (non-hydrogen) atoms. The van der Waals surface area contributed by atoms with Crippen LogP contribution in [0.1, 0.15) is 5.56 Å². The molecule has 0 saturated heterocycles. The number of hydrogen-bond donors (Lipinski definition) is 0. The molecule has 2 aromatic rings. The van der Waals surface area contributed by atoms with Gasteiger partial charge in [-0.25, -0.2) is 0 Å². The van der Waals surface area contributed by atoms with Crippen LogP contribution in [0.5, 0.6) is 0 Å². The van der Waals surface area contributed by atoms with Gasteiger partial charge in [-0.15, -0.1) is 0 Å². The SMILES string of the molecule is FC(F)(F)SC(=S)c1ccc(-c2ccccc2)cc1. The highest BCUT2D eigenvalue weighted by molar-refractivity contribution is 8.24. The highest BCUT2D eigenvalue weighted by Gasteiger charge is 2.30. The summed E-state index contributed by atoms with van der Waals surface area (Å²) in [5, 5.41) is 0. The summed E-state index contributed by atoms with van der Waals surface area (Å²) in [6.07, 6.45) is 0. The molecule has 0 spiro atoms. The Bertz CT molecular complexity index is 559. The molecule has 0 fully saturated rings. The molecular formula is C14H9F3S2. The van der Waals surface area contributed by atoms with Crippen LogP contribution in [0.4, 0.5) is 13.2 Å². The minimum atomic E-state index is -4.34. The summed E-state index contributed by atoms with van der Waals surface area (Å²) in [6, 6.07) is 16.4. The number of benzene rings is 2. The van der Waals surface area contributed by atoms with Crippen LogP contribution < -0.4 is 0 Å². The fourth-order valence-corrected chi connectivity index (χ4v) is 2.48. The van der Waals surface area contributed by atoms with Crippen molar-refractivity contribution >= 4 is 28.2 Å². The van der Waals surface area contributed by atoms with E-state index >= 15 is 0 Å². The molecular weight excluding hydrogens is 289 g/mol. The zero-order valence-electron chi connectivity index (χ0n) is 9.65. The standard InChI is InChI=1S/C14H9F3S2/c15-14(16,17)19-13(18)12-8-6-11(7-9-12)10-4-2-1-3-5-10/h1-9H. The number of hydrogen-bond acceptors (Lipinski definition) is 2. The van der Waals surface area contributed by atoms with E-state index in [-0.39, 0.29) is 16.0 Å². The molecule has 0 atom stereocenters. The maximum Gasteiger partial charge on any atom is 0.447 e. The average molecular weight is 298 g/mol. The average Bonchev–Trinajstić information content (AvgIpc) is 2.38. The normalized spacial score (nSPS) is 11.3. The lowest BCUT2D eigenvalue weighted by Crippen LogP contribution is -2.05. The van der Waals surface area contributed by atoms with Gasteiger partial charge in [-0.1, -0.05) is 66.8 Å². The number of halogens is 3. The Labute approximate surface area is 118 Å². The van der Waals surface area contributed by atoms with Crippen molar-refractivity contribution in [3.05, 3.63) is 60.2 Å². The van der Waals surface area contributed by atoms with Gasteiger partial charge in [0, 0.05) is 0 Å². The highest BCUT2D eigenvalue weighted by Crippen LogP contribution is 2.34. The molecule has 0 heterocycles. The van der Waals surface area contributed by atoms with Crippen molar-refractivity contribution in [1.29, 1.82) is 0 Å². The van der Waals surface area contributed by atoms with Crippen molar-refractivity contribution in [2.45, 2.75) is 5.51 Å². The van der Waals surface area contributed by atoms with Crippen molar-refractivity contribution in [3.63, 3.8) is 0 Å². The summed E-state index contributed by atoms with van der Waals surface area (Å²) < 4.78 is 36.5. The quantitative estimate of drug-likeness (QED) is 0.692. The Morgan fingerprint density at radius 1 is 0.842 bits per heavy atom. The third kappa shape index (κ3) is 4.08. The predicted molar refractivity (Wildman–Crippen MR) is 77.2 cm³/mol. The summed E-state index contributed by atoms with van der Waals surface area (Å²) >= 11 is 4.51. The Morgan fingerprint density at radius 3 is 1.89 bits per heavy atom. The molecule has 0 aliphatic heterocycles. The van der Waals surface area contributed by atoms with Crippen LogP contribution in [0.25, 0.3) is 11.1 Å². The van der Waals surface area contributed by atoms with E-state index in [2.05, 4.69) is 0 Å². The Morgan fingerprint density at radius 2 is 1.37 bits per heavy atom. The van der Waals surface area contributed by atoms with Gasteiger partial charge in [0.2, 0.25) is 0 Å². The van der Waals surface area contributed by atoms with E-state index in [4.69, 9.17) is 12.2 Å². The van der Waals surface area contributed by atoms with Gasteiger partial charge in [0.1, 0.15) is 0 Å². The minimum absolute atomic E-state index is 0.160. The van der Waals surface area contributed by atoms with Crippen molar-refractivity contribution in [2.75, 3.05) is 0 Å². The number of thioether (sulfide) groups is 1. The fraction of sp³-hybridized carbons (Fsp3) is 0.0714. The van der Waals surface area contributed by atoms with Crippen LogP contribution in [0.2, 0.25) is 0 Å². The van der Waals surface area contributed by atoms with E-state index < -0.39 is 5.51 Å².